The van der Waals surface area contributed by atoms with E-state index in [-0.39, 0.29) is 5.92 Å². The largest absolute Gasteiger partial charge is 0.340 e. The molecule has 5 heteroatoms. The maximum atomic E-state index is 13.0. The van der Waals surface area contributed by atoms with Crippen LogP contribution >= 0.6 is 0 Å². The van der Waals surface area contributed by atoms with Gasteiger partial charge in [-0.3, -0.25) is 14.7 Å². The molecule has 2 unspecified atom stereocenters. The molecule has 2 aliphatic carbocycles. The Kier molecular flexibility index (Phi) is 5.04. The van der Waals surface area contributed by atoms with Gasteiger partial charge in [0.05, 0.1) is 0 Å². The molecule has 3 aliphatic rings. The van der Waals surface area contributed by atoms with E-state index < -0.39 is 0 Å². The van der Waals surface area contributed by atoms with E-state index in [9.17, 15) is 4.79 Å². The fourth-order valence-electron chi connectivity index (χ4n) is 5.13. The lowest BCUT2D eigenvalue weighted by Gasteiger charge is -2.45. The summed E-state index contributed by atoms with van der Waals surface area (Å²) in [4.78, 5) is 21.7. The van der Waals surface area contributed by atoms with E-state index in [1.54, 1.807) is 0 Å². The molecule has 2 N–H and O–H groups in total. The van der Waals surface area contributed by atoms with Crippen LogP contribution in [0.3, 0.4) is 0 Å². The predicted octanol–water partition coefficient (Wildman–Crippen LogP) is 1.88. The minimum atomic E-state index is 0.222. The van der Waals surface area contributed by atoms with Crippen molar-refractivity contribution in [3.05, 3.63) is 30.1 Å². The number of rotatable bonds is 3. The average molecular weight is 342 g/mol. The van der Waals surface area contributed by atoms with Gasteiger partial charge < -0.3 is 10.6 Å². The highest BCUT2D eigenvalue weighted by molar-refractivity contribution is 5.79. The quantitative estimate of drug-likeness (QED) is 0.911. The fourth-order valence-corrected chi connectivity index (χ4v) is 5.13. The Morgan fingerprint density at radius 3 is 2.52 bits per heavy atom. The summed E-state index contributed by atoms with van der Waals surface area (Å²) in [6.07, 6.45) is 9.53. The molecule has 0 spiro atoms. The van der Waals surface area contributed by atoms with Gasteiger partial charge in [0.2, 0.25) is 5.91 Å². The Bertz CT molecular complexity index is 571. The molecule has 1 aromatic heterocycles. The van der Waals surface area contributed by atoms with Crippen LogP contribution in [0.25, 0.3) is 0 Å². The molecule has 2 saturated carbocycles. The van der Waals surface area contributed by atoms with Gasteiger partial charge in [-0.15, -0.1) is 0 Å². The first-order chi connectivity index (χ1) is 12.2. The molecule has 5 nitrogen and oxygen atoms in total. The lowest BCUT2D eigenvalue weighted by atomic mass is 9.65. The van der Waals surface area contributed by atoms with Crippen molar-refractivity contribution in [3.63, 3.8) is 0 Å². The number of hydrogen-bond acceptors (Lipinski definition) is 4. The van der Waals surface area contributed by atoms with E-state index in [4.69, 9.17) is 5.73 Å². The van der Waals surface area contributed by atoms with Crippen molar-refractivity contribution in [2.45, 2.75) is 44.7 Å². The second-order valence-electron chi connectivity index (χ2n) is 8.16. The molecule has 0 radical (unpaired) electrons. The molecule has 1 amide bonds. The number of carbonyl (C=O) groups excluding carboxylic acids is 1. The van der Waals surface area contributed by atoms with Crippen LogP contribution in [0.15, 0.2) is 24.5 Å². The molecular weight excluding hydrogens is 312 g/mol. The van der Waals surface area contributed by atoms with Gasteiger partial charge in [-0.2, -0.15) is 0 Å². The average Bonchev–Trinajstić information content (AvgIpc) is 2.62. The van der Waals surface area contributed by atoms with Crippen LogP contribution in [0, 0.1) is 17.8 Å². The lowest BCUT2D eigenvalue weighted by molar-refractivity contribution is -0.140. The van der Waals surface area contributed by atoms with Crippen LogP contribution in [0.5, 0.6) is 0 Å². The van der Waals surface area contributed by atoms with Crippen molar-refractivity contribution < 1.29 is 4.79 Å². The van der Waals surface area contributed by atoms with E-state index in [2.05, 4.69) is 20.9 Å². The van der Waals surface area contributed by atoms with E-state index in [0.29, 0.717) is 23.8 Å². The van der Waals surface area contributed by atoms with Gasteiger partial charge in [-0.05, 0) is 49.1 Å². The topological polar surface area (TPSA) is 62.5 Å². The maximum Gasteiger partial charge on any atom is 0.225 e. The van der Waals surface area contributed by atoms with Crippen molar-refractivity contribution in [1.82, 2.24) is 14.8 Å². The Morgan fingerprint density at radius 1 is 1.16 bits per heavy atom. The third-order valence-corrected chi connectivity index (χ3v) is 6.58. The minimum Gasteiger partial charge on any atom is -0.340 e. The third kappa shape index (κ3) is 3.72. The summed E-state index contributed by atoms with van der Waals surface area (Å²) in [5, 5.41) is 0. The zero-order valence-corrected chi connectivity index (χ0v) is 15.0. The first-order valence-corrected chi connectivity index (χ1v) is 9.86. The number of nitrogens with two attached hydrogens (primary N) is 1. The Morgan fingerprint density at radius 2 is 1.88 bits per heavy atom. The number of carbonyl (C=O) groups is 1. The maximum absolute atomic E-state index is 13.0. The van der Waals surface area contributed by atoms with Crippen LogP contribution < -0.4 is 5.73 Å². The number of aromatic nitrogens is 1. The van der Waals surface area contributed by atoms with Gasteiger partial charge in [0.15, 0.2) is 0 Å². The molecule has 1 saturated heterocycles. The second kappa shape index (κ2) is 7.42. The molecule has 25 heavy (non-hydrogen) atoms. The second-order valence-corrected chi connectivity index (χ2v) is 8.16. The Hall–Kier alpha value is -1.46. The lowest BCUT2D eigenvalue weighted by Crippen LogP contribution is -2.53. The van der Waals surface area contributed by atoms with Gasteiger partial charge in [-0.1, -0.05) is 12.5 Å². The SMILES string of the molecule is NC1C2CCCC1CC(C(=O)N1CCN(Cc3cccnc3)CC1)C2. The minimum absolute atomic E-state index is 0.222. The summed E-state index contributed by atoms with van der Waals surface area (Å²) >= 11 is 0. The highest BCUT2D eigenvalue weighted by Gasteiger charge is 2.41. The molecule has 2 atom stereocenters. The molecule has 4 rings (SSSR count). The summed E-state index contributed by atoms with van der Waals surface area (Å²) in [5.74, 6) is 1.77. The molecule has 2 bridgehead atoms. The summed E-state index contributed by atoms with van der Waals surface area (Å²) in [5.41, 5.74) is 7.63. The van der Waals surface area contributed by atoms with Gasteiger partial charge in [0.1, 0.15) is 0 Å². The fraction of sp³-hybridized carbons (Fsp3) is 0.700. The molecule has 1 aromatic rings. The van der Waals surface area contributed by atoms with Crippen LogP contribution in [-0.4, -0.2) is 52.9 Å². The van der Waals surface area contributed by atoms with Crippen LogP contribution in [-0.2, 0) is 11.3 Å². The molecular formula is C20H30N4O. The molecule has 2 heterocycles. The number of nitrogens with zero attached hydrogens (tertiary/aromatic N) is 3. The van der Waals surface area contributed by atoms with Gasteiger partial charge in [0.25, 0.3) is 0 Å². The van der Waals surface area contributed by atoms with Crippen molar-refractivity contribution >= 4 is 5.91 Å². The zero-order valence-electron chi connectivity index (χ0n) is 15.0. The monoisotopic (exact) mass is 342 g/mol. The van der Waals surface area contributed by atoms with Crippen LogP contribution in [0.4, 0.5) is 0 Å². The summed E-state index contributed by atoms with van der Waals surface area (Å²) in [6, 6.07) is 4.45. The number of fused-ring (bicyclic) bond motifs is 2. The van der Waals surface area contributed by atoms with E-state index >= 15 is 0 Å². The number of piperazine rings is 1. The molecule has 0 aromatic carbocycles. The Balaban J connectivity index is 1.29. The highest BCUT2D eigenvalue weighted by Crippen LogP contribution is 2.42. The molecule has 3 fully saturated rings. The van der Waals surface area contributed by atoms with E-state index in [1.165, 1.54) is 24.8 Å². The summed E-state index contributed by atoms with van der Waals surface area (Å²) < 4.78 is 0. The number of pyridine rings is 1. The van der Waals surface area contributed by atoms with Crippen molar-refractivity contribution in [2.24, 2.45) is 23.5 Å². The Labute approximate surface area is 150 Å². The smallest absolute Gasteiger partial charge is 0.225 e. The third-order valence-electron chi connectivity index (χ3n) is 6.58. The van der Waals surface area contributed by atoms with E-state index in [0.717, 1.165) is 45.6 Å². The summed E-state index contributed by atoms with van der Waals surface area (Å²) in [7, 11) is 0. The zero-order chi connectivity index (χ0) is 17.2. The number of amides is 1. The normalized spacial score (nSPS) is 33.2. The van der Waals surface area contributed by atoms with Crippen molar-refractivity contribution in [1.29, 1.82) is 0 Å². The van der Waals surface area contributed by atoms with E-state index in [1.807, 2.05) is 18.5 Å². The predicted molar refractivity (Wildman–Crippen MR) is 97.6 cm³/mol. The van der Waals surface area contributed by atoms with Gasteiger partial charge in [0, 0.05) is 57.1 Å². The first-order valence-electron chi connectivity index (χ1n) is 9.86. The highest BCUT2D eigenvalue weighted by atomic mass is 16.2. The van der Waals surface area contributed by atoms with Crippen molar-refractivity contribution in [3.8, 4) is 0 Å². The van der Waals surface area contributed by atoms with Crippen LogP contribution in [0.2, 0.25) is 0 Å². The standard InChI is InChI=1S/C20H30N4O/c21-19-16-4-1-5-17(19)12-18(11-16)20(25)24-9-7-23(8-10-24)14-15-3-2-6-22-13-15/h2-3,6,13,16-19H,1,4-5,7-12,14,21H2. The number of hydrogen-bond donors (Lipinski definition) is 1. The first kappa shape index (κ1) is 17.0. The van der Waals surface area contributed by atoms with Gasteiger partial charge >= 0.3 is 0 Å². The summed E-state index contributed by atoms with van der Waals surface area (Å²) in [6.45, 7) is 4.56. The molecule has 1 aliphatic heterocycles. The van der Waals surface area contributed by atoms with Crippen molar-refractivity contribution in [2.75, 3.05) is 26.2 Å². The molecule has 136 valence electrons. The van der Waals surface area contributed by atoms with Crippen LogP contribution in [0.1, 0.15) is 37.7 Å². The van der Waals surface area contributed by atoms with Gasteiger partial charge in [-0.25, -0.2) is 0 Å².